The van der Waals surface area contributed by atoms with Gasteiger partial charge in [-0.05, 0) is 36.4 Å². The highest BCUT2D eigenvalue weighted by atomic mass is 19.1. The number of amides is 1. The van der Waals surface area contributed by atoms with E-state index in [0.717, 1.165) is 10.9 Å². The first-order valence-electron chi connectivity index (χ1n) is 9.22. The molecule has 5 rings (SSSR count). The number of hydrogen-bond acceptors (Lipinski definition) is 4. The van der Waals surface area contributed by atoms with Crippen LogP contribution in [0.3, 0.4) is 0 Å². The third-order valence-corrected chi connectivity index (χ3v) is 5.20. The lowest BCUT2D eigenvalue weighted by atomic mass is 9.94. The minimum absolute atomic E-state index is 0.00437. The lowest BCUT2D eigenvalue weighted by molar-refractivity contribution is -0.117. The lowest BCUT2D eigenvalue weighted by Gasteiger charge is -2.26. The molecule has 2 aromatic heterocycles. The Labute approximate surface area is 169 Å². The monoisotopic (exact) mass is 402 g/mol. The molecule has 6 nitrogen and oxygen atoms in total. The largest absolute Gasteiger partial charge is 0.503 e. The zero-order valence-corrected chi connectivity index (χ0v) is 15.5. The van der Waals surface area contributed by atoms with Crippen LogP contribution < -0.4 is 4.90 Å². The van der Waals surface area contributed by atoms with Crippen LogP contribution in [0, 0.1) is 5.82 Å². The lowest BCUT2D eigenvalue weighted by Crippen LogP contribution is -2.31. The molecule has 1 aliphatic heterocycles. The maximum absolute atomic E-state index is 13.9. The second-order valence-electron chi connectivity index (χ2n) is 6.92. The van der Waals surface area contributed by atoms with Crippen molar-refractivity contribution in [1.82, 2.24) is 4.98 Å². The fraction of sp³-hybridized carbons (Fsp3) is 0.0435. The van der Waals surface area contributed by atoms with Gasteiger partial charge >= 0.3 is 0 Å². The van der Waals surface area contributed by atoms with Gasteiger partial charge < -0.3 is 14.5 Å². The standard InChI is InChI=1S/C23H15FN2O4/c24-13-5-3-6-14(11-13)26-20(16-12-25-17-8-2-1-7-15(16)17)19(22(28)23(26)29)21(27)18-9-4-10-30-18/h1-12,20,25,28H. The third kappa shape index (κ3) is 2.63. The second kappa shape index (κ2) is 6.73. The van der Waals surface area contributed by atoms with Crippen molar-refractivity contribution in [1.29, 1.82) is 0 Å². The molecule has 7 heteroatoms. The molecule has 0 fully saturated rings. The summed E-state index contributed by atoms with van der Waals surface area (Å²) in [5.74, 6) is -2.62. The number of ketones is 1. The van der Waals surface area contributed by atoms with Crippen LogP contribution in [0.2, 0.25) is 0 Å². The predicted molar refractivity (Wildman–Crippen MR) is 108 cm³/mol. The van der Waals surface area contributed by atoms with Gasteiger partial charge in [0.1, 0.15) is 5.82 Å². The van der Waals surface area contributed by atoms with Crippen LogP contribution in [-0.2, 0) is 4.79 Å². The minimum Gasteiger partial charge on any atom is -0.503 e. The zero-order chi connectivity index (χ0) is 20.8. The van der Waals surface area contributed by atoms with E-state index < -0.39 is 29.3 Å². The zero-order valence-electron chi connectivity index (χ0n) is 15.5. The first-order chi connectivity index (χ1) is 14.6. The molecule has 148 valence electrons. The minimum atomic E-state index is -0.965. The van der Waals surface area contributed by atoms with Gasteiger partial charge in [0.25, 0.3) is 5.91 Å². The Kier molecular flexibility index (Phi) is 4.03. The van der Waals surface area contributed by atoms with Crippen LogP contribution in [0.5, 0.6) is 0 Å². The van der Waals surface area contributed by atoms with Crippen molar-refractivity contribution in [3.05, 3.63) is 102 Å². The van der Waals surface area contributed by atoms with Gasteiger partial charge in [-0.15, -0.1) is 0 Å². The fourth-order valence-electron chi connectivity index (χ4n) is 3.88. The summed E-state index contributed by atoms with van der Waals surface area (Å²) in [7, 11) is 0. The van der Waals surface area contributed by atoms with Crippen molar-refractivity contribution in [2.24, 2.45) is 0 Å². The summed E-state index contributed by atoms with van der Waals surface area (Å²) >= 11 is 0. The van der Waals surface area contributed by atoms with Crippen LogP contribution in [0.15, 0.2) is 88.9 Å². The van der Waals surface area contributed by atoms with Gasteiger partial charge in [-0.3, -0.25) is 14.5 Å². The molecule has 0 radical (unpaired) electrons. The van der Waals surface area contributed by atoms with Crippen molar-refractivity contribution in [3.63, 3.8) is 0 Å². The van der Waals surface area contributed by atoms with E-state index in [1.165, 1.54) is 35.4 Å². The van der Waals surface area contributed by atoms with E-state index in [1.807, 2.05) is 24.3 Å². The van der Waals surface area contributed by atoms with E-state index in [9.17, 15) is 19.1 Å². The Bertz CT molecular complexity index is 1320. The number of aromatic nitrogens is 1. The number of aliphatic hydroxyl groups excluding tert-OH is 1. The molecule has 0 saturated carbocycles. The van der Waals surface area contributed by atoms with Crippen LogP contribution in [0.1, 0.15) is 22.2 Å². The van der Waals surface area contributed by atoms with E-state index >= 15 is 0 Å². The Morgan fingerprint density at radius 2 is 1.93 bits per heavy atom. The van der Waals surface area contributed by atoms with Gasteiger partial charge in [-0.1, -0.05) is 24.3 Å². The highest BCUT2D eigenvalue weighted by molar-refractivity contribution is 6.20. The molecule has 1 amide bonds. The van der Waals surface area contributed by atoms with Gasteiger partial charge in [0, 0.05) is 28.4 Å². The number of Topliss-reactive ketones (excluding diaryl/α,β-unsaturated/α-hetero) is 1. The molecule has 1 unspecified atom stereocenters. The highest BCUT2D eigenvalue weighted by Crippen LogP contribution is 2.44. The number of carbonyl (C=O) groups excluding carboxylic acids is 2. The summed E-state index contributed by atoms with van der Waals surface area (Å²) in [6.45, 7) is 0. The Balaban J connectivity index is 1.74. The number of halogens is 1. The number of H-pyrrole nitrogens is 1. The number of rotatable bonds is 4. The van der Waals surface area contributed by atoms with Crippen molar-refractivity contribution in [3.8, 4) is 0 Å². The van der Waals surface area contributed by atoms with Crippen molar-refractivity contribution >= 4 is 28.3 Å². The van der Waals surface area contributed by atoms with Crippen LogP contribution in [0.4, 0.5) is 10.1 Å². The van der Waals surface area contributed by atoms with Crippen LogP contribution in [0.25, 0.3) is 10.9 Å². The molecule has 0 aliphatic carbocycles. The number of nitrogens with one attached hydrogen (secondary N) is 1. The first-order valence-corrected chi connectivity index (χ1v) is 9.22. The number of nitrogens with zero attached hydrogens (tertiary/aromatic N) is 1. The quantitative estimate of drug-likeness (QED) is 0.485. The molecule has 2 N–H and O–H groups in total. The second-order valence-corrected chi connectivity index (χ2v) is 6.92. The number of carbonyl (C=O) groups is 2. The summed E-state index contributed by atoms with van der Waals surface area (Å²) in [6, 6.07) is 14.9. The molecule has 2 aromatic carbocycles. The maximum Gasteiger partial charge on any atom is 0.294 e. The number of furan rings is 1. The smallest absolute Gasteiger partial charge is 0.294 e. The topological polar surface area (TPSA) is 86.5 Å². The molecular formula is C23H15FN2O4. The van der Waals surface area contributed by atoms with Gasteiger partial charge in [-0.25, -0.2) is 4.39 Å². The molecule has 0 spiro atoms. The Hall–Kier alpha value is -4.13. The molecule has 0 bridgehead atoms. The summed E-state index contributed by atoms with van der Waals surface area (Å²) < 4.78 is 19.2. The molecule has 0 saturated heterocycles. The molecule has 1 atom stereocenters. The maximum atomic E-state index is 13.9. The van der Waals surface area contributed by atoms with Crippen molar-refractivity contribution in [2.45, 2.75) is 6.04 Å². The Morgan fingerprint density at radius 3 is 2.70 bits per heavy atom. The summed E-state index contributed by atoms with van der Waals surface area (Å²) in [5, 5.41) is 11.5. The van der Waals surface area contributed by atoms with Crippen molar-refractivity contribution in [2.75, 3.05) is 4.90 Å². The average molecular weight is 402 g/mol. The summed E-state index contributed by atoms with van der Waals surface area (Å²) in [5.41, 5.74) is 1.51. The fourth-order valence-corrected chi connectivity index (χ4v) is 3.88. The number of aromatic amines is 1. The normalized spacial score (nSPS) is 16.6. The summed E-state index contributed by atoms with van der Waals surface area (Å²) in [4.78, 5) is 30.6. The number of benzene rings is 2. The van der Waals surface area contributed by atoms with E-state index in [4.69, 9.17) is 4.42 Å². The molecule has 1 aliphatic rings. The van der Waals surface area contributed by atoms with Gasteiger partial charge in [0.05, 0.1) is 17.9 Å². The van der Waals surface area contributed by atoms with E-state index in [2.05, 4.69) is 4.98 Å². The third-order valence-electron chi connectivity index (χ3n) is 5.20. The Morgan fingerprint density at radius 1 is 1.10 bits per heavy atom. The molecule has 3 heterocycles. The molecule has 4 aromatic rings. The number of fused-ring (bicyclic) bond motifs is 1. The average Bonchev–Trinajstić information content (AvgIpc) is 3.47. The predicted octanol–water partition coefficient (Wildman–Crippen LogP) is 4.68. The first kappa shape index (κ1) is 17.9. The number of aliphatic hydroxyl groups is 1. The van der Waals surface area contributed by atoms with E-state index in [-0.39, 0.29) is 17.0 Å². The highest BCUT2D eigenvalue weighted by Gasteiger charge is 2.46. The number of hydrogen-bond donors (Lipinski definition) is 2. The van der Waals surface area contributed by atoms with Gasteiger partial charge in [0.2, 0.25) is 5.78 Å². The van der Waals surface area contributed by atoms with E-state index in [0.29, 0.717) is 5.56 Å². The van der Waals surface area contributed by atoms with Gasteiger partial charge in [0.15, 0.2) is 11.5 Å². The summed E-state index contributed by atoms with van der Waals surface area (Å²) in [6.07, 6.45) is 3.02. The SMILES string of the molecule is O=C(C1=C(O)C(=O)N(c2cccc(F)c2)C1c1c[nH]c2ccccc12)c1ccco1. The van der Waals surface area contributed by atoms with Crippen LogP contribution >= 0.6 is 0 Å². The number of anilines is 1. The molecular weight excluding hydrogens is 387 g/mol. The van der Waals surface area contributed by atoms with Crippen LogP contribution in [-0.4, -0.2) is 21.8 Å². The van der Waals surface area contributed by atoms with Crippen molar-refractivity contribution < 1.29 is 23.5 Å². The molecule has 30 heavy (non-hydrogen) atoms. The van der Waals surface area contributed by atoms with Gasteiger partial charge in [-0.2, -0.15) is 0 Å². The number of para-hydroxylation sites is 1. The van der Waals surface area contributed by atoms with E-state index in [1.54, 1.807) is 18.3 Å².